The van der Waals surface area contributed by atoms with Crippen LogP contribution in [0.3, 0.4) is 0 Å². The van der Waals surface area contributed by atoms with Gasteiger partial charge in [-0.05, 0) is 61.7 Å². The van der Waals surface area contributed by atoms with Gasteiger partial charge in [0.15, 0.2) is 11.5 Å². The lowest BCUT2D eigenvalue weighted by atomic mass is 10.2. The zero-order valence-corrected chi connectivity index (χ0v) is 18.5. The van der Waals surface area contributed by atoms with Crippen molar-refractivity contribution in [3.05, 3.63) is 59.2 Å². The zero-order chi connectivity index (χ0) is 22.1. The molecule has 2 aromatic rings. The van der Waals surface area contributed by atoms with E-state index in [-0.39, 0.29) is 23.9 Å². The van der Waals surface area contributed by atoms with Gasteiger partial charge in [0.25, 0.3) is 0 Å². The van der Waals surface area contributed by atoms with E-state index in [0.29, 0.717) is 23.7 Å². The van der Waals surface area contributed by atoms with Crippen molar-refractivity contribution >= 4 is 22.0 Å². The van der Waals surface area contributed by atoms with Gasteiger partial charge in [0.1, 0.15) is 0 Å². The van der Waals surface area contributed by atoms with Crippen molar-refractivity contribution in [1.29, 1.82) is 0 Å². The number of hydrogen-bond donors (Lipinski definition) is 2. The number of sulfonamides is 1. The highest BCUT2D eigenvalue weighted by Gasteiger charge is 2.16. The van der Waals surface area contributed by atoms with E-state index in [1.165, 1.54) is 6.08 Å². The van der Waals surface area contributed by atoms with Crippen LogP contribution in [0.4, 0.5) is 0 Å². The van der Waals surface area contributed by atoms with Crippen molar-refractivity contribution in [3.63, 3.8) is 0 Å². The summed E-state index contributed by atoms with van der Waals surface area (Å²) < 4.78 is 38.1. The van der Waals surface area contributed by atoms with Crippen LogP contribution in [0.25, 0.3) is 6.08 Å². The summed E-state index contributed by atoms with van der Waals surface area (Å²) in [6.07, 6.45) is 3.04. The van der Waals surface area contributed by atoms with E-state index in [2.05, 4.69) is 10.0 Å². The second-order valence-corrected chi connectivity index (χ2v) is 8.37. The van der Waals surface area contributed by atoms with E-state index in [1.54, 1.807) is 44.4 Å². The molecule has 0 heterocycles. The fraction of sp³-hybridized carbons (Fsp3) is 0.318. The molecule has 2 aromatic carbocycles. The first kappa shape index (κ1) is 23.4. The van der Waals surface area contributed by atoms with Crippen LogP contribution in [-0.2, 0) is 14.8 Å². The number of hydrogen-bond acceptors (Lipinski definition) is 5. The lowest BCUT2D eigenvalue weighted by Crippen LogP contribution is -2.34. The molecule has 8 heteroatoms. The predicted molar refractivity (Wildman–Crippen MR) is 117 cm³/mol. The van der Waals surface area contributed by atoms with E-state index in [4.69, 9.17) is 9.47 Å². The molecule has 0 atom stereocenters. The molecule has 0 aliphatic carbocycles. The second-order valence-electron chi connectivity index (χ2n) is 6.63. The topological polar surface area (TPSA) is 93.7 Å². The lowest BCUT2D eigenvalue weighted by Gasteiger charge is -2.10. The van der Waals surface area contributed by atoms with Gasteiger partial charge in [-0.3, -0.25) is 4.79 Å². The minimum absolute atomic E-state index is 0.0896. The van der Waals surface area contributed by atoms with E-state index >= 15 is 0 Å². The number of benzene rings is 2. The minimum atomic E-state index is -3.63. The van der Waals surface area contributed by atoms with E-state index in [0.717, 1.165) is 11.1 Å². The Balaban J connectivity index is 1.88. The summed E-state index contributed by atoms with van der Waals surface area (Å²) in [7, 11) is -2.06. The maximum absolute atomic E-state index is 12.4. The van der Waals surface area contributed by atoms with Crippen LogP contribution < -0.4 is 19.5 Å². The van der Waals surface area contributed by atoms with Crippen LogP contribution in [0.1, 0.15) is 23.6 Å². The zero-order valence-electron chi connectivity index (χ0n) is 17.7. The fourth-order valence-corrected chi connectivity index (χ4v) is 4.10. The summed E-state index contributed by atoms with van der Waals surface area (Å²) >= 11 is 0. The average molecular weight is 433 g/mol. The van der Waals surface area contributed by atoms with Gasteiger partial charge in [-0.1, -0.05) is 18.2 Å². The molecule has 0 unspecified atom stereocenters. The first-order valence-electron chi connectivity index (χ1n) is 9.60. The summed E-state index contributed by atoms with van der Waals surface area (Å²) in [6, 6.07) is 10.6. The predicted octanol–water partition coefficient (Wildman–Crippen LogP) is 2.82. The number of aryl methyl sites for hydroxylation is 2. The molecule has 0 radical (unpaired) electrons. The Labute approximate surface area is 178 Å². The van der Waals surface area contributed by atoms with Crippen molar-refractivity contribution in [1.82, 2.24) is 10.0 Å². The molecule has 162 valence electrons. The van der Waals surface area contributed by atoms with Crippen LogP contribution in [0.5, 0.6) is 11.5 Å². The minimum Gasteiger partial charge on any atom is -0.493 e. The molecule has 2 N–H and O–H groups in total. The van der Waals surface area contributed by atoms with E-state index < -0.39 is 10.0 Å². The number of ether oxygens (including phenoxy) is 2. The van der Waals surface area contributed by atoms with Crippen LogP contribution in [0, 0.1) is 13.8 Å². The van der Waals surface area contributed by atoms with Crippen molar-refractivity contribution in [3.8, 4) is 11.5 Å². The van der Waals surface area contributed by atoms with Crippen molar-refractivity contribution < 1.29 is 22.7 Å². The summed E-state index contributed by atoms with van der Waals surface area (Å²) in [4.78, 5) is 12.3. The van der Waals surface area contributed by atoms with Gasteiger partial charge in [0.2, 0.25) is 15.9 Å². The molecule has 0 aliphatic heterocycles. The Morgan fingerprint density at radius 1 is 1.07 bits per heavy atom. The standard InChI is InChI=1S/C22H28N2O5S/c1-5-29-20-15-18(8-10-19(20)28-4)9-11-22(25)23-12-13-24-30(26,27)21-14-16(2)6-7-17(21)3/h6-11,14-15,24H,5,12-13H2,1-4H3,(H,23,25)/b11-9+. The lowest BCUT2D eigenvalue weighted by molar-refractivity contribution is -0.116. The van der Waals surface area contributed by atoms with E-state index in [1.807, 2.05) is 26.0 Å². The molecule has 1 amide bonds. The van der Waals surface area contributed by atoms with Crippen LogP contribution in [-0.4, -0.2) is 41.1 Å². The Morgan fingerprint density at radius 3 is 2.53 bits per heavy atom. The van der Waals surface area contributed by atoms with Crippen molar-refractivity contribution in [2.45, 2.75) is 25.7 Å². The van der Waals surface area contributed by atoms with Gasteiger partial charge < -0.3 is 14.8 Å². The average Bonchev–Trinajstić information content (AvgIpc) is 2.72. The summed E-state index contributed by atoms with van der Waals surface area (Å²) in [5, 5.41) is 2.66. The summed E-state index contributed by atoms with van der Waals surface area (Å²) in [5.41, 5.74) is 2.32. The third kappa shape index (κ3) is 6.60. The molecule has 0 aliphatic rings. The summed E-state index contributed by atoms with van der Waals surface area (Å²) in [6.45, 7) is 6.22. The highest BCUT2D eigenvalue weighted by molar-refractivity contribution is 7.89. The maximum Gasteiger partial charge on any atom is 0.244 e. The van der Waals surface area contributed by atoms with Crippen LogP contribution >= 0.6 is 0 Å². The summed E-state index contributed by atoms with van der Waals surface area (Å²) in [5.74, 6) is 0.896. The molecule has 0 fully saturated rings. The van der Waals surface area contributed by atoms with Crippen LogP contribution in [0.2, 0.25) is 0 Å². The Hall–Kier alpha value is -2.84. The second kappa shape index (κ2) is 10.8. The molecule has 2 rings (SSSR count). The first-order chi connectivity index (χ1) is 14.3. The largest absolute Gasteiger partial charge is 0.493 e. The van der Waals surface area contributed by atoms with Gasteiger partial charge in [-0.2, -0.15) is 0 Å². The molecule has 0 spiro atoms. The normalized spacial score (nSPS) is 11.5. The quantitative estimate of drug-likeness (QED) is 0.445. The number of methoxy groups -OCH3 is 1. The molecule has 0 saturated carbocycles. The van der Waals surface area contributed by atoms with Crippen molar-refractivity contribution in [2.24, 2.45) is 0 Å². The SMILES string of the molecule is CCOc1cc(/C=C/C(=O)NCCNS(=O)(=O)c2cc(C)ccc2C)ccc1OC. The van der Waals surface area contributed by atoms with Gasteiger partial charge in [-0.25, -0.2) is 13.1 Å². The Bertz CT molecular complexity index is 1020. The monoisotopic (exact) mass is 432 g/mol. The Morgan fingerprint density at radius 2 is 1.83 bits per heavy atom. The van der Waals surface area contributed by atoms with Gasteiger partial charge >= 0.3 is 0 Å². The number of rotatable bonds is 10. The first-order valence-corrected chi connectivity index (χ1v) is 11.1. The number of carbonyl (C=O) groups excluding carboxylic acids is 1. The maximum atomic E-state index is 12.4. The molecular formula is C22H28N2O5S. The number of nitrogens with one attached hydrogen (secondary N) is 2. The molecular weight excluding hydrogens is 404 g/mol. The molecule has 0 saturated heterocycles. The third-order valence-corrected chi connectivity index (χ3v) is 5.87. The van der Waals surface area contributed by atoms with Gasteiger partial charge in [-0.15, -0.1) is 0 Å². The molecule has 0 bridgehead atoms. The highest BCUT2D eigenvalue weighted by atomic mass is 32.2. The third-order valence-electron chi connectivity index (χ3n) is 4.26. The molecule has 7 nitrogen and oxygen atoms in total. The van der Waals surface area contributed by atoms with Gasteiger partial charge in [0.05, 0.1) is 18.6 Å². The van der Waals surface area contributed by atoms with Gasteiger partial charge in [0, 0.05) is 19.2 Å². The van der Waals surface area contributed by atoms with E-state index in [9.17, 15) is 13.2 Å². The number of carbonyl (C=O) groups is 1. The highest BCUT2D eigenvalue weighted by Crippen LogP contribution is 2.28. The van der Waals surface area contributed by atoms with Crippen molar-refractivity contribution in [2.75, 3.05) is 26.8 Å². The molecule has 30 heavy (non-hydrogen) atoms. The molecule has 0 aromatic heterocycles. The Kier molecular flexibility index (Phi) is 8.44. The fourth-order valence-electron chi connectivity index (χ4n) is 2.74. The smallest absolute Gasteiger partial charge is 0.244 e. The van der Waals surface area contributed by atoms with Crippen LogP contribution in [0.15, 0.2) is 47.4 Å². The number of amides is 1.